The summed E-state index contributed by atoms with van der Waals surface area (Å²) in [6.45, 7) is 0. The van der Waals surface area contributed by atoms with E-state index in [0.29, 0.717) is 11.8 Å². The molecule has 0 atom stereocenters. The maximum atomic E-state index is 6.05. The summed E-state index contributed by atoms with van der Waals surface area (Å²) in [6.07, 6.45) is 0. The maximum Gasteiger partial charge on any atom is 0.248 e. The molecule has 0 amide bonds. The third-order valence-corrected chi connectivity index (χ3v) is 12.4. The Hall–Kier alpha value is -8.60. The van der Waals surface area contributed by atoms with Gasteiger partial charge in [-0.3, -0.25) is 0 Å². The standard InChI is InChI=1S/C60H39N3O/c1-2-13-45(14-3-1)59-61-62-60(64-59)46-29-27-43(28-30-46)51-16-6-8-18-53(51)54-19-9-7-17-52(54)44-32-35-50(36-33-44)63-57-21-11-10-20-55(57)56-39-49(34-37-58(56)63)42-24-22-41(23-25-42)48-31-26-40-12-4-5-15-47(40)38-48/h1-39H. The molecule has 0 fully saturated rings. The summed E-state index contributed by atoms with van der Waals surface area (Å²) in [5.74, 6) is 1.01. The van der Waals surface area contributed by atoms with Gasteiger partial charge in [0, 0.05) is 27.6 Å². The maximum absolute atomic E-state index is 6.05. The largest absolute Gasteiger partial charge is 0.416 e. The SMILES string of the molecule is c1ccc(-c2nnc(-c3ccc(-c4ccccc4-c4ccccc4-c4ccc(-n5c6ccccc6c6cc(-c7ccc(-c8ccc9ccccc9c8)cc7)ccc65)cc4)cc3)o2)cc1. The number of benzene rings is 10. The summed E-state index contributed by atoms with van der Waals surface area (Å²) in [4.78, 5) is 0. The summed E-state index contributed by atoms with van der Waals surface area (Å²) in [5.41, 5.74) is 17.1. The Morgan fingerprint density at radius 3 is 1.41 bits per heavy atom. The normalized spacial score (nSPS) is 11.4. The predicted octanol–water partition coefficient (Wildman–Crippen LogP) is 16.0. The van der Waals surface area contributed by atoms with Crippen molar-refractivity contribution in [3.05, 3.63) is 237 Å². The first-order valence-corrected chi connectivity index (χ1v) is 21.6. The molecule has 2 aromatic heterocycles. The van der Waals surface area contributed by atoms with Crippen LogP contribution in [-0.2, 0) is 0 Å². The van der Waals surface area contributed by atoms with Gasteiger partial charge in [0.25, 0.3) is 0 Å². The van der Waals surface area contributed by atoms with Crippen molar-refractivity contribution in [1.29, 1.82) is 0 Å². The van der Waals surface area contributed by atoms with Crippen LogP contribution in [0.5, 0.6) is 0 Å². The van der Waals surface area contributed by atoms with Gasteiger partial charge in [-0.2, -0.15) is 0 Å². The predicted molar refractivity (Wildman–Crippen MR) is 264 cm³/mol. The molecule has 64 heavy (non-hydrogen) atoms. The van der Waals surface area contributed by atoms with Crippen molar-refractivity contribution in [2.45, 2.75) is 0 Å². The van der Waals surface area contributed by atoms with Crippen molar-refractivity contribution in [2.75, 3.05) is 0 Å². The van der Waals surface area contributed by atoms with Crippen molar-refractivity contribution >= 4 is 32.6 Å². The van der Waals surface area contributed by atoms with Gasteiger partial charge in [-0.25, -0.2) is 0 Å². The number of nitrogens with zero attached hydrogens (tertiary/aromatic N) is 3. The quantitative estimate of drug-likeness (QED) is 0.153. The van der Waals surface area contributed by atoms with Crippen LogP contribution in [0.3, 0.4) is 0 Å². The van der Waals surface area contributed by atoms with E-state index in [1.165, 1.54) is 71.5 Å². The minimum Gasteiger partial charge on any atom is -0.416 e. The Labute approximate surface area is 371 Å². The van der Waals surface area contributed by atoms with E-state index in [2.05, 4.69) is 221 Å². The molecule has 12 rings (SSSR count). The average molecular weight is 818 g/mol. The second-order valence-corrected chi connectivity index (χ2v) is 16.2. The molecule has 0 saturated heterocycles. The van der Waals surface area contributed by atoms with Crippen LogP contribution in [0.25, 0.3) is 117 Å². The lowest BCUT2D eigenvalue weighted by Gasteiger charge is -2.15. The van der Waals surface area contributed by atoms with Gasteiger partial charge in [0.2, 0.25) is 11.8 Å². The van der Waals surface area contributed by atoms with Gasteiger partial charge < -0.3 is 8.98 Å². The topological polar surface area (TPSA) is 43.9 Å². The fourth-order valence-corrected chi connectivity index (χ4v) is 9.21. The third kappa shape index (κ3) is 6.66. The van der Waals surface area contributed by atoms with Crippen molar-refractivity contribution < 1.29 is 4.42 Å². The van der Waals surface area contributed by atoms with E-state index in [1.807, 2.05) is 30.3 Å². The minimum absolute atomic E-state index is 0.497. The molecule has 0 spiro atoms. The molecule has 4 nitrogen and oxygen atoms in total. The molecular formula is C60H39N3O. The molecule has 10 aromatic carbocycles. The van der Waals surface area contributed by atoms with E-state index in [9.17, 15) is 0 Å². The second-order valence-electron chi connectivity index (χ2n) is 16.2. The zero-order chi connectivity index (χ0) is 42.4. The monoisotopic (exact) mass is 817 g/mol. The number of aromatic nitrogens is 3. The number of hydrogen-bond donors (Lipinski definition) is 0. The van der Waals surface area contributed by atoms with E-state index < -0.39 is 0 Å². The smallest absolute Gasteiger partial charge is 0.248 e. The highest BCUT2D eigenvalue weighted by Gasteiger charge is 2.17. The van der Waals surface area contributed by atoms with Crippen LogP contribution in [0, 0.1) is 0 Å². The molecule has 0 bridgehead atoms. The van der Waals surface area contributed by atoms with E-state index >= 15 is 0 Å². The van der Waals surface area contributed by atoms with E-state index in [-0.39, 0.29) is 0 Å². The average Bonchev–Trinajstić information content (AvgIpc) is 4.01. The van der Waals surface area contributed by atoms with Gasteiger partial charge >= 0.3 is 0 Å². The Balaban J connectivity index is 0.848. The molecule has 0 unspecified atom stereocenters. The van der Waals surface area contributed by atoms with Crippen LogP contribution in [0.4, 0.5) is 0 Å². The van der Waals surface area contributed by atoms with Crippen LogP contribution < -0.4 is 0 Å². The van der Waals surface area contributed by atoms with Gasteiger partial charge in [-0.05, 0) is 127 Å². The molecule has 0 radical (unpaired) electrons. The van der Waals surface area contributed by atoms with Gasteiger partial charge in [0.1, 0.15) is 0 Å². The number of para-hydroxylation sites is 1. The van der Waals surface area contributed by atoms with Crippen LogP contribution in [0.2, 0.25) is 0 Å². The summed E-state index contributed by atoms with van der Waals surface area (Å²) in [5, 5.41) is 13.6. The van der Waals surface area contributed by atoms with Crippen LogP contribution in [-0.4, -0.2) is 14.8 Å². The van der Waals surface area contributed by atoms with Crippen molar-refractivity contribution in [3.8, 4) is 84.2 Å². The highest BCUT2D eigenvalue weighted by molar-refractivity contribution is 6.10. The lowest BCUT2D eigenvalue weighted by molar-refractivity contribution is 0.584. The van der Waals surface area contributed by atoms with Crippen LogP contribution in [0.15, 0.2) is 241 Å². The second kappa shape index (κ2) is 15.7. The van der Waals surface area contributed by atoms with Crippen molar-refractivity contribution in [2.24, 2.45) is 0 Å². The first-order valence-electron chi connectivity index (χ1n) is 21.6. The Kier molecular flexibility index (Phi) is 9.12. The summed E-state index contributed by atoms with van der Waals surface area (Å²) < 4.78 is 8.45. The fraction of sp³-hybridized carbons (Fsp3) is 0. The Morgan fingerprint density at radius 1 is 0.281 bits per heavy atom. The first kappa shape index (κ1) is 37.2. The van der Waals surface area contributed by atoms with E-state index in [4.69, 9.17) is 4.42 Å². The third-order valence-electron chi connectivity index (χ3n) is 12.4. The molecule has 0 aliphatic rings. The van der Waals surface area contributed by atoms with Crippen LogP contribution >= 0.6 is 0 Å². The summed E-state index contributed by atoms with van der Waals surface area (Å²) >= 11 is 0. The molecule has 0 aliphatic heterocycles. The fourth-order valence-electron chi connectivity index (χ4n) is 9.21. The zero-order valence-electron chi connectivity index (χ0n) is 34.8. The lowest BCUT2D eigenvalue weighted by Crippen LogP contribution is -1.94. The Morgan fingerprint density at radius 2 is 0.734 bits per heavy atom. The molecule has 0 saturated carbocycles. The minimum atomic E-state index is 0.497. The van der Waals surface area contributed by atoms with E-state index in [1.54, 1.807) is 0 Å². The van der Waals surface area contributed by atoms with Crippen molar-refractivity contribution in [3.63, 3.8) is 0 Å². The van der Waals surface area contributed by atoms with Gasteiger partial charge in [0.15, 0.2) is 0 Å². The zero-order valence-corrected chi connectivity index (χ0v) is 34.8. The summed E-state index contributed by atoms with van der Waals surface area (Å²) in [6, 6.07) is 84.4. The number of fused-ring (bicyclic) bond motifs is 4. The number of hydrogen-bond acceptors (Lipinski definition) is 3. The van der Waals surface area contributed by atoms with Crippen LogP contribution in [0.1, 0.15) is 0 Å². The van der Waals surface area contributed by atoms with Gasteiger partial charge in [-0.15, -0.1) is 10.2 Å². The molecule has 0 N–H and O–H groups in total. The highest BCUT2D eigenvalue weighted by Crippen LogP contribution is 2.40. The lowest BCUT2D eigenvalue weighted by atomic mass is 9.89. The highest BCUT2D eigenvalue weighted by atomic mass is 16.4. The molecule has 12 aromatic rings. The number of rotatable bonds is 8. The molecular weight excluding hydrogens is 779 g/mol. The molecule has 2 heterocycles. The molecule has 0 aliphatic carbocycles. The molecule has 300 valence electrons. The van der Waals surface area contributed by atoms with Gasteiger partial charge in [0.05, 0.1) is 11.0 Å². The van der Waals surface area contributed by atoms with Gasteiger partial charge in [-0.1, -0.05) is 176 Å². The van der Waals surface area contributed by atoms with E-state index in [0.717, 1.165) is 33.5 Å². The Bertz CT molecular complexity index is 3640. The molecule has 4 heteroatoms. The summed E-state index contributed by atoms with van der Waals surface area (Å²) in [7, 11) is 0. The first-order chi connectivity index (χ1) is 31.7. The van der Waals surface area contributed by atoms with Crippen molar-refractivity contribution in [1.82, 2.24) is 14.8 Å².